The molecule has 11 heteroatoms. The Morgan fingerprint density at radius 2 is 1.52 bits per heavy atom. The highest BCUT2D eigenvalue weighted by atomic mass is 32.2. The Labute approximate surface area is 170 Å². The van der Waals surface area contributed by atoms with Gasteiger partial charge in [-0.15, -0.1) is 0 Å². The molecule has 0 spiro atoms. The summed E-state index contributed by atoms with van der Waals surface area (Å²) in [4.78, 5) is 24.0. The molecule has 1 amide bonds. The summed E-state index contributed by atoms with van der Waals surface area (Å²) in [5.74, 6) is -1.87. The van der Waals surface area contributed by atoms with Gasteiger partial charge in [0.2, 0.25) is 5.91 Å². The normalized spacial score (nSPS) is 13.9. The van der Waals surface area contributed by atoms with Crippen molar-refractivity contribution in [3.8, 4) is 0 Å². The van der Waals surface area contributed by atoms with Gasteiger partial charge in [-0.3, -0.25) is 4.79 Å². The molecule has 0 radical (unpaired) electrons. The van der Waals surface area contributed by atoms with E-state index in [1.54, 1.807) is 24.3 Å². The van der Waals surface area contributed by atoms with Crippen LogP contribution < -0.4 is 16.5 Å². The Bertz CT molecular complexity index is 875. The Kier molecular flexibility index (Phi) is 8.05. The Morgan fingerprint density at radius 3 is 2.00 bits per heavy atom. The lowest BCUT2D eigenvalue weighted by Gasteiger charge is -2.18. The van der Waals surface area contributed by atoms with Crippen molar-refractivity contribution in [2.24, 2.45) is 5.73 Å². The highest BCUT2D eigenvalue weighted by Crippen LogP contribution is 2.10. The second-order valence-corrected chi connectivity index (χ2v) is 7.39. The van der Waals surface area contributed by atoms with Gasteiger partial charge in [0.25, 0.3) is 0 Å². The number of rotatable bonds is 9. The number of carbonyl (C=O) groups is 2. The minimum absolute atomic E-state index is 0.00733. The van der Waals surface area contributed by atoms with Crippen molar-refractivity contribution in [1.29, 1.82) is 0 Å². The standard InChI is InChI=1S/C18H21BN2O7S/c20-15(9-11-3-7-14(8-4-11)29(27)28)17(22)21-16(18(23)24)10-12-1-5-13(6-2-12)19(25)26/h1-8,15-16,25-26H,9-10,20H2,(H,21,22)(H,23,24)(H,27,28)/t15-,16-/m0/s1. The molecular weight excluding hydrogens is 399 g/mol. The second-order valence-electron chi connectivity index (χ2n) is 6.42. The van der Waals surface area contributed by atoms with Crippen LogP contribution in [0.25, 0.3) is 0 Å². The lowest BCUT2D eigenvalue weighted by molar-refractivity contribution is -0.141. The zero-order valence-corrected chi connectivity index (χ0v) is 16.1. The molecule has 0 aliphatic rings. The van der Waals surface area contributed by atoms with Gasteiger partial charge in [-0.1, -0.05) is 36.4 Å². The van der Waals surface area contributed by atoms with Crippen LogP contribution in [0.2, 0.25) is 0 Å². The number of nitrogens with one attached hydrogen (secondary N) is 1. The first-order valence-corrected chi connectivity index (χ1v) is 9.71. The molecule has 9 nitrogen and oxygen atoms in total. The predicted octanol–water partition coefficient (Wildman–Crippen LogP) is -1.37. The minimum atomic E-state index is -2.10. The summed E-state index contributed by atoms with van der Waals surface area (Å²) in [7, 11) is -1.62. The maximum atomic E-state index is 12.3. The lowest BCUT2D eigenvalue weighted by Crippen LogP contribution is -2.50. The number of hydrogen-bond donors (Lipinski definition) is 6. The number of hydrogen-bond acceptors (Lipinski definition) is 6. The van der Waals surface area contributed by atoms with E-state index in [1.807, 2.05) is 0 Å². The van der Waals surface area contributed by atoms with Gasteiger partial charge in [-0.2, -0.15) is 0 Å². The fourth-order valence-corrected chi connectivity index (χ4v) is 3.00. The van der Waals surface area contributed by atoms with E-state index in [9.17, 15) is 18.9 Å². The molecule has 2 aromatic rings. The molecule has 3 atom stereocenters. The monoisotopic (exact) mass is 420 g/mol. The molecule has 0 saturated carbocycles. The number of aliphatic carboxylic acids is 1. The number of benzene rings is 2. The van der Waals surface area contributed by atoms with E-state index in [0.29, 0.717) is 11.1 Å². The van der Waals surface area contributed by atoms with Crippen LogP contribution in [0.3, 0.4) is 0 Å². The Balaban J connectivity index is 1.98. The number of amides is 1. The van der Waals surface area contributed by atoms with Gasteiger partial charge in [-0.05, 0) is 35.1 Å². The fraction of sp³-hybridized carbons (Fsp3) is 0.222. The van der Waals surface area contributed by atoms with Crippen LogP contribution in [-0.4, -0.2) is 55.0 Å². The first-order valence-electron chi connectivity index (χ1n) is 8.61. The highest BCUT2D eigenvalue weighted by molar-refractivity contribution is 7.79. The molecule has 0 fully saturated rings. The number of nitrogens with two attached hydrogens (primary N) is 1. The summed E-state index contributed by atoms with van der Waals surface area (Å²) in [5.41, 5.74) is 7.38. The van der Waals surface area contributed by atoms with Gasteiger partial charge in [0, 0.05) is 6.42 Å². The smallest absolute Gasteiger partial charge is 0.480 e. The number of carboxylic acid groups (broad SMARTS) is 1. The molecule has 0 aromatic heterocycles. The van der Waals surface area contributed by atoms with Crippen LogP contribution in [-0.2, 0) is 33.5 Å². The first kappa shape index (κ1) is 22.7. The van der Waals surface area contributed by atoms with E-state index >= 15 is 0 Å². The molecule has 2 rings (SSSR count). The molecule has 154 valence electrons. The van der Waals surface area contributed by atoms with Crippen molar-refractivity contribution >= 4 is 35.5 Å². The molecule has 1 unspecified atom stereocenters. The number of carbonyl (C=O) groups excluding carboxylic acids is 1. The molecule has 0 aliphatic carbocycles. The zero-order chi connectivity index (χ0) is 21.6. The summed E-state index contributed by atoms with van der Waals surface area (Å²) in [6.07, 6.45) is 0.117. The average molecular weight is 420 g/mol. The van der Waals surface area contributed by atoms with Gasteiger partial charge < -0.3 is 30.8 Å². The molecular formula is C18H21BN2O7S. The molecule has 0 saturated heterocycles. The third kappa shape index (κ3) is 6.77. The molecule has 7 N–H and O–H groups in total. The molecule has 0 bridgehead atoms. The van der Waals surface area contributed by atoms with Crippen LogP contribution in [0, 0.1) is 0 Å². The van der Waals surface area contributed by atoms with Gasteiger partial charge >= 0.3 is 13.1 Å². The lowest BCUT2D eigenvalue weighted by atomic mass is 9.80. The maximum absolute atomic E-state index is 12.3. The third-order valence-corrected chi connectivity index (χ3v) is 4.93. The molecule has 29 heavy (non-hydrogen) atoms. The second kappa shape index (κ2) is 10.3. The summed E-state index contributed by atoms with van der Waals surface area (Å²) in [6.45, 7) is 0. The third-order valence-electron chi connectivity index (χ3n) is 4.25. The summed E-state index contributed by atoms with van der Waals surface area (Å²) in [5, 5.41) is 30.0. The zero-order valence-electron chi connectivity index (χ0n) is 15.3. The maximum Gasteiger partial charge on any atom is 0.488 e. The SMILES string of the molecule is N[C@@H](Cc1ccc(S(=O)O)cc1)C(=O)N[C@@H](Cc1ccc(B(O)O)cc1)C(=O)O. The quantitative estimate of drug-likeness (QED) is 0.213. The summed E-state index contributed by atoms with van der Waals surface area (Å²) >= 11 is -2.10. The van der Waals surface area contributed by atoms with E-state index in [-0.39, 0.29) is 23.2 Å². The first-order chi connectivity index (χ1) is 13.7. The fourth-order valence-electron chi connectivity index (χ4n) is 2.63. The predicted molar refractivity (Wildman–Crippen MR) is 107 cm³/mol. The Hall–Kier alpha value is -2.57. The van der Waals surface area contributed by atoms with Crippen molar-refractivity contribution in [2.75, 3.05) is 0 Å². The molecule has 0 heterocycles. The molecule has 2 aromatic carbocycles. The van der Waals surface area contributed by atoms with Crippen LogP contribution in [0.15, 0.2) is 53.4 Å². The largest absolute Gasteiger partial charge is 0.488 e. The van der Waals surface area contributed by atoms with Gasteiger partial charge in [0.15, 0.2) is 11.1 Å². The van der Waals surface area contributed by atoms with E-state index in [1.165, 1.54) is 24.3 Å². The van der Waals surface area contributed by atoms with Crippen molar-refractivity contribution in [3.05, 3.63) is 59.7 Å². The van der Waals surface area contributed by atoms with E-state index in [2.05, 4.69) is 5.32 Å². The van der Waals surface area contributed by atoms with Crippen LogP contribution in [0.4, 0.5) is 0 Å². The highest BCUT2D eigenvalue weighted by Gasteiger charge is 2.24. The van der Waals surface area contributed by atoms with Crippen molar-refractivity contribution in [3.63, 3.8) is 0 Å². The van der Waals surface area contributed by atoms with E-state index < -0.39 is 42.2 Å². The number of carboxylic acids is 1. The van der Waals surface area contributed by atoms with Gasteiger partial charge in [0.05, 0.1) is 10.9 Å². The summed E-state index contributed by atoms with van der Waals surface area (Å²) < 4.78 is 20.0. The summed E-state index contributed by atoms with van der Waals surface area (Å²) in [6, 6.07) is 9.82. The Morgan fingerprint density at radius 1 is 1.00 bits per heavy atom. The van der Waals surface area contributed by atoms with E-state index in [0.717, 1.165) is 0 Å². The van der Waals surface area contributed by atoms with Crippen LogP contribution in [0.5, 0.6) is 0 Å². The van der Waals surface area contributed by atoms with Crippen molar-refractivity contribution in [1.82, 2.24) is 5.32 Å². The minimum Gasteiger partial charge on any atom is -0.480 e. The molecule has 0 aliphatic heterocycles. The average Bonchev–Trinajstić information content (AvgIpc) is 2.68. The van der Waals surface area contributed by atoms with Crippen molar-refractivity contribution in [2.45, 2.75) is 29.8 Å². The van der Waals surface area contributed by atoms with Gasteiger partial charge in [-0.25, -0.2) is 9.00 Å². The van der Waals surface area contributed by atoms with Crippen molar-refractivity contribution < 1.29 is 33.5 Å². The van der Waals surface area contributed by atoms with E-state index in [4.69, 9.17) is 20.3 Å². The topological polar surface area (TPSA) is 170 Å². The van der Waals surface area contributed by atoms with Gasteiger partial charge in [0.1, 0.15) is 6.04 Å². The van der Waals surface area contributed by atoms with Crippen LogP contribution in [0.1, 0.15) is 11.1 Å². The van der Waals surface area contributed by atoms with Crippen LogP contribution >= 0.6 is 0 Å².